The van der Waals surface area contributed by atoms with Gasteiger partial charge in [-0.1, -0.05) is 18.2 Å². The van der Waals surface area contributed by atoms with Crippen LogP contribution in [0.2, 0.25) is 0 Å². The van der Waals surface area contributed by atoms with Crippen molar-refractivity contribution in [3.05, 3.63) is 36.3 Å². The SMILES string of the molecule is C1=CN(C2=CCCN(C3CCC=CN3)C2)CCC1. The maximum absolute atomic E-state index is 3.49. The van der Waals surface area contributed by atoms with Gasteiger partial charge < -0.3 is 10.2 Å². The van der Waals surface area contributed by atoms with Crippen molar-refractivity contribution < 1.29 is 0 Å². The lowest BCUT2D eigenvalue weighted by atomic mass is 10.1. The normalized spacial score (nSPS) is 29.0. The Morgan fingerprint density at radius 2 is 2.11 bits per heavy atom. The molecule has 0 aromatic rings. The quantitative estimate of drug-likeness (QED) is 0.806. The summed E-state index contributed by atoms with van der Waals surface area (Å²) in [6.45, 7) is 3.47. The van der Waals surface area contributed by atoms with Gasteiger partial charge in [0.2, 0.25) is 0 Å². The highest BCUT2D eigenvalue weighted by Crippen LogP contribution is 2.21. The third-order valence-corrected chi connectivity index (χ3v) is 4.04. The van der Waals surface area contributed by atoms with Crippen LogP contribution in [0.5, 0.6) is 0 Å². The predicted molar refractivity (Wildman–Crippen MR) is 74.7 cm³/mol. The van der Waals surface area contributed by atoms with E-state index in [4.69, 9.17) is 0 Å². The molecule has 0 spiro atoms. The zero-order valence-corrected chi connectivity index (χ0v) is 11.0. The summed E-state index contributed by atoms with van der Waals surface area (Å²) in [7, 11) is 0. The van der Waals surface area contributed by atoms with E-state index in [-0.39, 0.29) is 0 Å². The number of nitrogens with one attached hydrogen (secondary N) is 1. The maximum atomic E-state index is 3.49. The summed E-state index contributed by atoms with van der Waals surface area (Å²) in [5, 5.41) is 3.49. The summed E-state index contributed by atoms with van der Waals surface area (Å²) in [4.78, 5) is 5.02. The Morgan fingerprint density at radius 1 is 1.11 bits per heavy atom. The number of hydrogen-bond acceptors (Lipinski definition) is 3. The lowest BCUT2D eigenvalue weighted by molar-refractivity contribution is 0.161. The third-order valence-electron chi connectivity index (χ3n) is 4.04. The minimum absolute atomic E-state index is 0.535. The first-order chi connectivity index (χ1) is 8.93. The van der Waals surface area contributed by atoms with Crippen LogP contribution in [0.15, 0.2) is 36.3 Å². The van der Waals surface area contributed by atoms with E-state index in [2.05, 4.69) is 45.7 Å². The molecule has 0 fully saturated rings. The van der Waals surface area contributed by atoms with E-state index in [9.17, 15) is 0 Å². The average molecular weight is 245 g/mol. The molecule has 0 amide bonds. The standard InChI is InChI=1S/C15H23N3/c1-4-10-17(11-5-1)14-7-6-12-18(13-14)15-8-2-3-9-16-15/h3-4,7,9-10,15-16H,1-2,5-6,8,11-13H2. The molecule has 3 heteroatoms. The molecule has 0 aromatic carbocycles. The largest absolute Gasteiger partial charge is 0.376 e. The summed E-state index contributed by atoms with van der Waals surface area (Å²) >= 11 is 0. The van der Waals surface area contributed by atoms with Gasteiger partial charge in [0, 0.05) is 25.3 Å². The van der Waals surface area contributed by atoms with Crippen LogP contribution in [0, 0.1) is 0 Å². The Morgan fingerprint density at radius 3 is 2.89 bits per heavy atom. The Balaban J connectivity index is 1.63. The fraction of sp³-hybridized carbons (Fsp3) is 0.600. The molecule has 1 N–H and O–H groups in total. The molecule has 1 atom stereocenters. The summed E-state index contributed by atoms with van der Waals surface area (Å²) in [5.74, 6) is 0. The van der Waals surface area contributed by atoms with Crippen LogP contribution >= 0.6 is 0 Å². The fourth-order valence-electron chi connectivity index (χ4n) is 3.01. The number of hydrogen-bond donors (Lipinski definition) is 1. The van der Waals surface area contributed by atoms with E-state index in [1.807, 2.05) is 0 Å². The van der Waals surface area contributed by atoms with Crippen LogP contribution < -0.4 is 5.32 Å². The molecule has 3 heterocycles. The second-order valence-electron chi connectivity index (χ2n) is 5.34. The number of nitrogens with zero attached hydrogens (tertiary/aromatic N) is 2. The number of rotatable bonds is 2. The van der Waals surface area contributed by atoms with Gasteiger partial charge >= 0.3 is 0 Å². The van der Waals surface area contributed by atoms with Gasteiger partial charge in [0.15, 0.2) is 0 Å². The van der Waals surface area contributed by atoms with Gasteiger partial charge in [-0.2, -0.15) is 0 Å². The molecule has 3 nitrogen and oxygen atoms in total. The molecule has 0 saturated carbocycles. The van der Waals surface area contributed by atoms with Crippen molar-refractivity contribution in [2.24, 2.45) is 0 Å². The van der Waals surface area contributed by atoms with Gasteiger partial charge in [-0.15, -0.1) is 0 Å². The molecule has 0 bridgehead atoms. The van der Waals surface area contributed by atoms with Crippen LogP contribution in [-0.4, -0.2) is 35.6 Å². The van der Waals surface area contributed by atoms with Crippen LogP contribution in [0.1, 0.15) is 32.1 Å². The first-order valence-electron chi connectivity index (χ1n) is 7.21. The first-order valence-corrected chi connectivity index (χ1v) is 7.21. The Hall–Kier alpha value is -1.22. The van der Waals surface area contributed by atoms with Crippen molar-refractivity contribution in [2.75, 3.05) is 19.6 Å². The lowest BCUT2D eigenvalue weighted by Crippen LogP contribution is -2.48. The van der Waals surface area contributed by atoms with Crippen molar-refractivity contribution in [3.63, 3.8) is 0 Å². The molecule has 3 aliphatic rings. The van der Waals surface area contributed by atoms with Crippen LogP contribution in [0.25, 0.3) is 0 Å². The van der Waals surface area contributed by atoms with Gasteiger partial charge in [-0.3, -0.25) is 4.90 Å². The summed E-state index contributed by atoms with van der Waals surface area (Å²) in [6.07, 6.45) is 18.0. The molecular weight excluding hydrogens is 222 g/mol. The second-order valence-corrected chi connectivity index (χ2v) is 5.34. The molecular formula is C15H23N3. The minimum Gasteiger partial charge on any atom is -0.376 e. The Bertz CT molecular complexity index is 370. The Kier molecular flexibility index (Phi) is 3.69. The van der Waals surface area contributed by atoms with E-state index in [1.165, 1.54) is 50.9 Å². The zero-order valence-electron chi connectivity index (χ0n) is 11.0. The third kappa shape index (κ3) is 2.61. The van der Waals surface area contributed by atoms with Crippen molar-refractivity contribution in [2.45, 2.75) is 38.3 Å². The highest BCUT2D eigenvalue weighted by molar-refractivity contribution is 5.13. The summed E-state index contributed by atoms with van der Waals surface area (Å²) in [6, 6.07) is 0. The van der Waals surface area contributed by atoms with Crippen LogP contribution in [0.4, 0.5) is 0 Å². The molecule has 3 aliphatic heterocycles. The molecule has 0 aromatic heterocycles. The van der Waals surface area contributed by atoms with E-state index in [1.54, 1.807) is 0 Å². The van der Waals surface area contributed by atoms with Gasteiger partial charge in [-0.25, -0.2) is 0 Å². The molecule has 3 rings (SSSR count). The molecule has 0 radical (unpaired) electrons. The zero-order chi connectivity index (χ0) is 12.2. The highest BCUT2D eigenvalue weighted by atomic mass is 15.3. The average Bonchev–Trinajstić information content (AvgIpc) is 2.49. The second kappa shape index (κ2) is 5.61. The smallest absolute Gasteiger partial charge is 0.0794 e. The molecule has 1 unspecified atom stereocenters. The highest BCUT2D eigenvalue weighted by Gasteiger charge is 2.23. The van der Waals surface area contributed by atoms with E-state index >= 15 is 0 Å². The van der Waals surface area contributed by atoms with Crippen molar-refractivity contribution >= 4 is 0 Å². The van der Waals surface area contributed by atoms with Gasteiger partial charge in [0.05, 0.1) is 6.17 Å². The lowest BCUT2D eigenvalue weighted by Gasteiger charge is -2.39. The molecule has 0 aliphatic carbocycles. The van der Waals surface area contributed by atoms with E-state index in [0.717, 1.165) is 6.54 Å². The van der Waals surface area contributed by atoms with Crippen molar-refractivity contribution in [1.82, 2.24) is 15.1 Å². The van der Waals surface area contributed by atoms with E-state index in [0.29, 0.717) is 6.17 Å². The van der Waals surface area contributed by atoms with Crippen molar-refractivity contribution in [1.29, 1.82) is 0 Å². The number of allylic oxidation sites excluding steroid dienone is 2. The monoisotopic (exact) mass is 245 g/mol. The molecule has 0 saturated heterocycles. The topological polar surface area (TPSA) is 18.5 Å². The summed E-state index contributed by atoms with van der Waals surface area (Å²) in [5.41, 5.74) is 1.49. The first kappa shape index (κ1) is 11.8. The molecule has 98 valence electrons. The van der Waals surface area contributed by atoms with Crippen LogP contribution in [0.3, 0.4) is 0 Å². The predicted octanol–water partition coefficient (Wildman–Crippen LogP) is 2.41. The van der Waals surface area contributed by atoms with Crippen LogP contribution in [-0.2, 0) is 0 Å². The maximum Gasteiger partial charge on any atom is 0.0794 e. The van der Waals surface area contributed by atoms with Gasteiger partial charge in [0.1, 0.15) is 0 Å². The minimum atomic E-state index is 0.535. The van der Waals surface area contributed by atoms with Crippen molar-refractivity contribution in [3.8, 4) is 0 Å². The summed E-state index contributed by atoms with van der Waals surface area (Å²) < 4.78 is 0. The fourth-order valence-corrected chi connectivity index (χ4v) is 3.01. The van der Waals surface area contributed by atoms with Gasteiger partial charge in [0.25, 0.3) is 0 Å². The van der Waals surface area contributed by atoms with Gasteiger partial charge in [-0.05, 0) is 44.5 Å². The van der Waals surface area contributed by atoms with E-state index < -0.39 is 0 Å². The molecule has 18 heavy (non-hydrogen) atoms. The Labute approximate surface area is 110 Å².